The molecule has 0 amide bonds. The van der Waals surface area contributed by atoms with Crippen molar-refractivity contribution in [3.63, 3.8) is 0 Å². The van der Waals surface area contributed by atoms with Gasteiger partial charge in [0, 0.05) is 31.5 Å². The Balaban J connectivity index is 0.000000163. The van der Waals surface area contributed by atoms with Crippen LogP contribution < -0.4 is 23.9 Å². The summed E-state index contributed by atoms with van der Waals surface area (Å²) in [6.45, 7) is 2.88. The summed E-state index contributed by atoms with van der Waals surface area (Å²) >= 11 is 0. The molecule has 1 aliphatic carbocycles. The average Bonchev–Trinajstić information content (AvgIpc) is 3.49. The first kappa shape index (κ1) is 27.6. The highest BCUT2D eigenvalue weighted by Crippen LogP contribution is 2.41. The third-order valence-corrected chi connectivity index (χ3v) is 8.24. The molecule has 42 heavy (non-hydrogen) atoms. The van der Waals surface area contributed by atoms with E-state index in [-0.39, 0.29) is 6.10 Å². The molecule has 0 fully saturated rings. The Labute approximate surface area is 244 Å². The standard InChI is InChI=1S/C20H20NO4.C14H14O3/c1-22-17-4-3-12-7-16-14-9-19-18(24-11-25-19)8-13(14)5-6-21(16)10-15(12)20(17)23-2;1-9(14(15)16)10-3-4-12-8-13(17-2)6-5-11(12)7-10/h4,7-10,20H,3,5-6,11H2,1-2H3;3-9H,1-2H3,(H,15,16)/q+1;/p-1. The van der Waals surface area contributed by atoms with Crippen LogP contribution in [0, 0.1) is 0 Å². The lowest BCUT2D eigenvalue weighted by Crippen LogP contribution is -2.41. The van der Waals surface area contributed by atoms with Crippen LogP contribution in [-0.4, -0.2) is 34.1 Å². The number of carbonyl (C=O) groups is 1. The van der Waals surface area contributed by atoms with Crippen molar-refractivity contribution in [2.75, 3.05) is 28.1 Å². The molecule has 3 aliphatic rings. The number of ether oxygens (including phenoxy) is 5. The molecule has 3 aromatic carbocycles. The number of benzene rings is 3. The molecule has 1 aromatic heterocycles. The minimum atomic E-state index is -1.06. The predicted octanol–water partition coefficient (Wildman–Crippen LogP) is 4.40. The maximum atomic E-state index is 10.8. The second-order valence-corrected chi connectivity index (χ2v) is 10.6. The second-order valence-electron chi connectivity index (χ2n) is 10.6. The van der Waals surface area contributed by atoms with Gasteiger partial charge in [0.15, 0.2) is 24.2 Å². The number of hydrogen-bond donors (Lipinski definition) is 0. The lowest BCUT2D eigenvalue weighted by atomic mass is 9.90. The van der Waals surface area contributed by atoms with Crippen molar-refractivity contribution in [2.24, 2.45) is 0 Å². The van der Waals surface area contributed by atoms with Gasteiger partial charge in [-0.3, -0.25) is 0 Å². The Kier molecular flexibility index (Phi) is 7.47. The summed E-state index contributed by atoms with van der Waals surface area (Å²) in [5, 5.41) is 12.8. The number of methoxy groups -OCH3 is 3. The number of carboxylic acid groups (broad SMARTS) is 1. The highest BCUT2D eigenvalue weighted by atomic mass is 16.7. The van der Waals surface area contributed by atoms with E-state index in [4.69, 9.17) is 23.7 Å². The van der Waals surface area contributed by atoms with Gasteiger partial charge in [-0.05, 0) is 64.2 Å². The van der Waals surface area contributed by atoms with Gasteiger partial charge in [0.2, 0.25) is 12.5 Å². The number of aryl methyl sites for hydroxylation is 2. The Morgan fingerprint density at radius 3 is 2.45 bits per heavy atom. The van der Waals surface area contributed by atoms with Crippen LogP contribution in [0.25, 0.3) is 22.0 Å². The fourth-order valence-corrected chi connectivity index (χ4v) is 5.83. The van der Waals surface area contributed by atoms with E-state index in [2.05, 4.69) is 35.0 Å². The Morgan fingerprint density at radius 1 is 0.952 bits per heavy atom. The lowest BCUT2D eigenvalue weighted by molar-refractivity contribution is -0.688. The van der Waals surface area contributed by atoms with Gasteiger partial charge >= 0.3 is 0 Å². The predicted molar refractivity (Wildman–Crippen MR) is 154 cm³/mol. The summed E-state index contributed by atoms with van der Waals surface area (Å²) in [7, 11) is 5.05. The molecule has 0 bridgehead atoms. The maximum absolute atomic E-state index is 10.8. The Morgan fingerprint density at radius 2 is 1.71 bits per heavy atom. The molecule has 8 nitrogen and oxygen atoms in total. The highest BCUT2D eigenvalue weighted by Gasteiger charge is 2.33. The summed E-state index contributed by atoms with van der Waals surface area (Å²) in [4.78, 5) is 10.8. The topological polar surface area (TPSA) is 90.2 Å². The number of fused-ring (bicyclic) bond motifs is 6. The number of aliphatic carboxylic acids is 1. The Bertz CT molecular complexity index is 1710. The van der Waals surface area contributed by atoms with Gasteiger partial charge in [-0.2, -0.15) is 4.57 Å². The number of carboxylic acids is 1. The van der Waals surface area contributed by atoms with Crippen LogP contribution in [0.2, 0.25) is 0 Å². The fraction of sp³-hybridized carbons (Fsp3) is 0.294. The van der Waals surface area contributed by atoms with E-state index in [0.717, 1.165) is 58.7 Å². The molecule has 4 aromatic rings. The molecule has 7 rings (SSSR count). The number of aromatic nitrogens is 1. The second kappa shape index (κ2) is 11.4. The van der Waals surface area contributed by atoms with Crippen molar-refractivity contribution in [1.29, 1.82) is 0 Å². The molecule has 2 atom stereocenters. The number of carbonyl (C=O) groups excluding carboxylic acids is 1. The van der Waals surface area contributed by atoms with Crippen LogP contribution in [0.1, 0.15) is 41.2 Å². The number of hydrogen-bond acceptors (Lipinski definition) is 7. The zero-order valence-corrected chi connectivity index (χ0v) is 24.1. The zero-order valence-electron chi connectivity index (χ0n) is 24.1. The van der Waals surface area contributed by atoms with Crippen LogP contribution in [0.4, 0.5) is 0 Å². The van der Waals surface area contributed by atoms with Crippen LogP contribution in [-0.2, 0) is 33.7 Å². The molecular formula is C34H33NO7. The molecular weight excluding hydrogens is 534 g/mol. The number of allylic oxidation sites excluding steroid dienone is 1. The first-order valence-electron chi connectivity index (χ1n) is 13.9. The molecule has 2 aliphatic heterocycles. The van der Waals surface area contributed by atoms with Crippen molar-refractivity contribution >= 4 is 16.7 Å². The average molecular weight is 568 g/mol. The van der Waals surface area contributed by atoms with E-state index >= 15 is 0 Å². The van der Waals surface area contributed by atoms with Crippen LogP contribution in [0.5, 0.6) is 17.2 Å². The molecule has 0 spiro atoms. The number of rotatable bonds is 5. The molecule has 0 radical (unpaired) electrons. The summed E-state index contributed by atoms with van der Waals surface area (Å²) < 4.78 is 29.8. The smallest absolute Gasteiger partial charge is 0.231 e. The maximum Gasteiger partial charge on any atom is 0.231 e. The van der Waals surface area contributed by atoms with Gasteiger partial charge in [0.1, 0.15) is 17.6 Å². The van der Waals surface area contributed by atoms with E-state index in [9.17, 15) is 9.90 Å². The largest absolute Gasteiger partial charge is 0.550 e. The van der Waals surface area contributed by atoms with E-state index in [1.165, 1.54) is 27.9 Å². The van der Waals surface area contributed by atoms with Crippen LogP contribution in [0.3, 0.4) is 0 Å². The summed E-state index contributed by atoms with van der Waals surface area (Å²) in [6, 6.07) is 17.8. The van der Waals surface area contributed by atoms with Crippen LogP contribution in [0.15, 0.2) is 72.6 Å². The molecule has 3 heterocycles. The monoisotopic (exact) mass is 567 g/mol. The van der Waals surface area contributed by atoms with Gasteiger partial charge < -0.3 is 33.6 Å². The number of pyridine rings is 1. The first-order valence-corrected chi connectivity index (χ1v) is 13.9. The highest BCUT2D eigenvalue weighted by molar-refractivity contribution is 5.86. The third kappa shape index (κ3) is 5.03. The van der Waals surface area contributed by atoms with Crippen molar-refractivity contribution in [3.8, 4) is 28.5 Å². The zero-order chi connectivity index (χ0) is 29.4. The summed E-state index contributed by atoms with van der Waals surface area (Å²) in [5.41, 5.74) is 6.99. The fourth-order valence-electron chi connectivity index (χ4n) is 5.83. The molecule has 216 valence electrons. The van der Waals surface area contributed by atoms with E-state index in [1.807, 2.05) is 36.4 Å². The SMILES string of the molecule is COC1=CCc2cc3[n+](cc2C1OC)CCc1cc2c(cc1-3)OCO2.COc1ccc2cc(C(C)C(=O)[O-])ccc2c1. The van der Waals surface area contributed by atoms with Crippen molar-refractivity contribution < 1.29 is 38.2 Å². The summed E-state index contributed by atoms with van der Waals surface area (Å²) in [6.07, 6.45) is 6.03. The quantitative estimate of drug-likeness (QED) is 0.330. The van der Waals surface area contributed by atoms with Gasteiger partial charge in [0.25, 0.3) is 0 Å². The van der Waals surface area contributed by atoms with Crippen molar-refractivity contribution in [1.82, 2.24) is 0 Å². The van der Waals surface area contributed by atoms with Gasteiger partial charge in [-0.25, -0.2) is 0 Å². The molecule has 2 unspecified atom stereocenters. The molecule has 0 saturated heterocycles. The number of nitrogens with zero attached hydrogens (tertiary/aromatic N) is 1. The minimum Gasteiger partial charge on any atom is -0.550 e. The lowest BCUT2D eigenvalue weighted by Gasteiger charge is -2.25. The minimum absolute atomic E-state index is 0.135. The van der Waals surface area contributed by atoms with Crippen LogP contribution >= 0.6 is 0 Å². The Hall–Kier alpha value is -4.56. The molecule has 8 heteroatoms. The van der Waals surface area contributed by atoms with E-state index in [1.54, 1.807) is 28.3 Å². The molecule has 0 N–H and O–H groups in total. The van der Waals surface area contributed by atoms with Gasteiger partial charge in [0.05, 0.1) is 25.3 Å². The normalized spacial score (nSPS) is 16.7. The van der Waals surface area contributed by atoms with E-state index in [0.29, 0.717) is 6.79 Å². The summed E-state index contributed by atoms with van der Waals surface area (Å²) in [5.74, 6) is 1.71. The van der Waals surface area contributed by atoms with Crippen molar-refractivity contribution in [2.45, 2.75) is 38.3 Å². The van der Waals surface area contributed by atoms with Gasteiger partial charge in [-0.15, -0.1) is 0 Å². The van der Waals surface area contributed by atoms with Gasteiger partial charge in [-0.1, -0.05) is 31.2 Å². The molecule has 0 saturated carbocycles. The first-order chi connectivity index (χ1) is 20.4. The van der Waals surface area contributed by atoms with Crippen molar-refractivity contribution in [3.05, 3.63) is 94.9 Å². The third-order valence-electron chi connectivity index (χ3n) is 8.24. The van der Waals surface area contributed by atoms with E-state index < -0.39 is 11.9 Å².